The van der Waals surface area contributed by atoms with Crippen LogP contribution in [0.3, 0.4) is 0 Å². The highest BCUT2D eigenvalue weighted by Crippen LogP contribution is 2.40. The van der Waals surface area contributed by atoms with Crippen molar-refractivity contribution in [3.05, 3.63) is 41.6 Å². The molecule has 8 nitrogen and oxygen atoms in total. The third kappa shape index (κ3) is 3.82. The highest BCUT2D eigenvalue weighted by molar-refractivity contribution is 5.95. The van der Waals surface area contributed by atoms with Gasteiger partial charge in [-0.25, -0.2) is 4.98 Å². The molecule has 2 aliphatic heterocycles. The Kier molecular flexibility index (Phi) is 5.48. The highest BCUT2D eigenvalue weighted by atomic mass is 16.6. The molecule has 148 valence electrons. The maximum absolute atomic E-state index is 12.7. The lowest BCUT2D eigenvalue weighted by Gasteiger charge is -2.29. The van der Waals surface area contributed by atoms with Crippen LogP contribution in [0.5, 0.6) is 17.2 Å². The number of amides is 1. The topological polar surface area (TPSA) is 82.2 Å². The Balaban J connectivity index is 1.49. The fourth-order valence-corrected chi connectivity index (χ4v) is 3.31. The maximum atomic E-state index is 12.7. The van der Waals surface area contributed by atoms with Gasteiger partial charge in [0.25, 0.3) is 5.91 Å². The van der Waals surface area contributed by atoms with E-state index in [0.717, 1.165) is 24.5 Å². The Morgan fingerprint density at radius 3 is 2.86 bits per heavy atom. The zero-order valence-corrected chi connectivity index (χ0v) is 15.8. The smallest absolute Gasteiger partial charge is 0.251 e. The van der Waals surface area contributed by atoms with E-state index in [-0.39, 0.29) is 5.91 Å². The molecule has 1 saturated heterocycles. The van der Waals surface area contributed by atoms with E-state index in [0.29, 0.717) is 55.8 Å². The number of carbonyl (C=O) groups is 1. The van der Waals surface area contributed by atoms with Crippen LogP contribution in [0.4, 0.5) is 5.82 Å². The van der Waals surface area contributed by atoms with Crippen LogP contribution < -0.4 is 24.4 Å². The number of benzene rings is 1. The molecule has 1 fully saturated rings. The molecule has 2 aliphatic rings. The lowest BCUT2D eigenvalue weighted by Crippen LogP contribution is -2.37. The van der Waals surface area contributed by atoms with Gasteiger partial charge in [-0.3, -0.25) is 4.79 Å². The second kappa shape index (κ2) is 8.35. The first kappa shape index (κ1) is 18.4. The molecule has 28 heavy (non-hydrogen) atoms. The summed E-state index contributed by atoms with van der Waals surface area (Å²) in [7, 11) is 1.54. The SMILES string of the molecule is COc1cc(C(=O)NCc2cccnc2N2CCOCC2)cc2c1OCCO2. The molecule has 0 spiro atoms. The largest absolute Gasteiger partial charge is 0.493 e. The number of nitrogens with one attached hydrogen (secondary N) is 1. The Bertz CT molecular complexity index is 834. The average molecular weight is 385 g/mol. The molecule has 0 aliphatic carbocycles. The van der Waals surface area contributed by atoms with E-state index in [1.165, 1.54) is 0 Å². The summed E-state index contributed by atoms with van der Waals surface area (Å²) in [5.41, 5.74) is 1.42. The molecular formula is C20H23N3O5. The van der Waals surface area contributed by atoms with Gasteiger partial charge in [-0.1, -0.05) is 6.07 Å². The number of hydrogen-bond donors (Lipinski definition) is 1. The Morgan fingerprint density at radius 1 is 1.21 bits per heavy atom. The van der Waals surface area contributed by atoms with Crippen molar-refractivity contribution < 1.29 is 23.7 Å². The normalized spacial score (nSPS) is 15.8. The summed E-state index contributed by atoms with van der Waals surface area (Å²) in [6, 6.07) is 7.19. The quantitative estimate of drug-likeness (QED) is 0.838. The van der Waals surface area contributed by atoms with Crippen molar-refractivity contribution >= 4 is 11.7 Å². The van der Waals surface area contributed by atoms with E-state index in [1.54, 1.807) is 25.4 Å². The lowest BCUT2D eigenvalue weighted by atomic mass is 10.1. The van der Waals surface area contributed by atoms with Gasteiger partial charge in [0.15, 0.2) is 11.5 Å². The third-order valence-electron chi connectivity index (χ3n) is 4.71. The van der Waals surface area contributed by atoms with Gasteiger partial charge in [-0.05, 0) is 18.2 Å². The number of rotatable bonds is 5. The number of pyridine rings is 1. The molecule has 1 aromatic carbocycles. The number of methoxy groups -OCH3 is 1. The predicted molar refractivity (Wildman–Crippen MR) is 102 cm³/mol. The van der Waals surface area contributed by atoms with Gasteiger partial charge < -0.3 is 29.2 Å². The van der Waals surface area contributed by atoms with E-state index < -0.39 is 0 Å². The van der Waals surface area contributed by atoms with Crippen LogP contribution in [-0.4, -0.2) is 57.5 Å². The summed E-state index contributed by atoms with van der Waals surface area (Å²) in [4.78, 5) is 19.4. The van der Waals surface area contributed by atoms with Crippen molar-refractivity contribution in [2.75, 3.05) is 51.5 Å². The van der Waals surface area contributed by atoms with Gasteiger partial charge in [0.2, 0.25) is 5.75 Å². The third-order valence-corrected chi connectivity index (χ3v) is 4.71. The van der Waals surface area contributed by atoms with Gasteiger partial charge in [0.05, 0.1) is 20.3 Å². The summed E-state index contributed by atoms with van der Waals surface area (Å²) in [5.74, 6) is 2.20. The van der Waals surface area contributed by atoms with E-state index >= 15 is 0 Å². The van der Waals surface area contributed by atoms with E-state index in [4.69, 9.17) is 18.9 Å². The molecular weight excluding hydrogens is 362 g/mol. The number of hydrogen-bond acceptors (Lipinski definition) is 7. The Labute approximate surface area is 163 Å². The summed E-state index contributed by atoms with van der Waals surface area (Å²) in [6.07, 6.45) is 1.77. The molecule has 0 unspecified atom stereocenters. The molecule has 0 bridgehead atoms. The zero-order valence-electron chi connectivity index (χ0n) is 15.8. The number of fused-ring (bicyclic) bond motifs is 1. The molecule has 8 heteroatoms. The lowest BCUT2D eigenvalue weighted by molar-refractivity contribution is 0.0948. The molecule has 4 rings (SSSR count). The first-order chi connectivity index (χ1) is 13.8. The van der Waals surface area contributed by atoms with Crippen LogP contribution in [0.1, 0.15) is 15.9 Å². The van der Waals surface area contributed by atoms with Crippen molar-refractivity contribution in [3.63, 3.8) is 0 Å². The Hall–Kier alpha value is -3.00. The minimum absolute atomic E-state index is 0.216. The number of ether oxygens (including phenoxy) is 4. The molecule has 0 saturated carbocycles. The zero-order chi connectivity index (χ0) is 19.3. The summed E-state index contributed by atoms with van der Waals surface area (Å²) >= 11 is 0. The van der Waals surface area contributed by atoms with Crippen molar-refractivity contribution in [2.45, 2.75) is 6.54 Å². The number of carbonyl (C=O) groups excluding carboxylic acids is 1. The molecule has 3 heterocycles. The number of nitrogens with zero attached hydrogens (tertiary/aromatic N) is 2. The van der Waals surface area contributed by atoms with Crippen molar-refractivity contribution in [3.8, 4) is 17.2 Å². The number of anilines is 1. The van der Waals surface area contributed by atoms with Gasteiger partial charge in [-0.2, -0.15) is 0 Å². The minimum Gasteiger partial charge on any atom is -0.493 e. The van der Waals surface area contributed by atoms with Crippen LogP contribution >= 0.6 is 0 Å². The van der Waals surface area contributed by atoms with Crippen LogP contribution in [0.15, 0.2) is 30.5 Å². The van der Waals surface area contributed by atoms with Gasteiger partial charge in [0.1, 0.15) is 19.0 Å². The molecule has 0 atom stereocenters. The van der Waals surface area contributed by atoms with E-state index in [2.05, 4.69) is 15.2 Å². The molecule has 1 N–H and O–H groups in total. The maximum Gasteiger partial charge on any atom is 0.251 e. The fourth-order valence-electron chi connectivity index (χ4n) is 3.31. The van der Waals surface area contributed by atoms with Crippen molar-refractivity contribution in [1.82, 2.24) is 10.3 Å². The first-order valence-corrected chi connectivity index (χ1v) is 9.28. The summed E-state index contributed by atoms with van der Waals surface area (Å²) < 4.78 is 22.0. The fraction of sp³-hybridized carbons (Fsp3) is 0.400. The second-order valence-electron chi connectivity index (χ2n) is 6.47. The van der Waals surface area contributed by atoms with Crippen LogP contribution in [0, 0.1) is 0 Å². The van der Waals surface area contributed by atoms with E-state index in [1.807, 2.05) is 12.1 Å². The van der Waals surface area contributed by atoms with Gasteiger partial charge in [-0.15, -0.1) is 0 Å². The predicted octanol–water partition coefficient (Wildman–Crippen LogP) is 1.63. The van der Waals surface area contributed by atoms with Gasteiger partial charge in [0, 0.05) is 37.0 Å². The monoisotopic (exact) mass is 385 g/mol. The first-order valence-electron chi connectivity index (χ1n) is 9.28. The average Bonchev–Trinajstić information content (AvgIpc) is 2.77. The highest BCUT2D eigenvalue weighted by Gasteiger charge is 2.21. The standard InChI is InChI=1S/C20H23N3O5/c1-25-16-11-15(12-17-18(16)28-10-9-27-17)20(24)22-13-14-3-2-4-21-19(14)23-5-7-26-8-6-23/h2-4,11-12H,5-10,13H2,1H3,(H,22,24). The summed E-state index contributed by atoms with van der Waals surface area (Å²) in [5, 5.41) is 2.96. The van der Waals surface area contributed by atoms with Crippen LogP contribution in [-0.2, 0) is 11.3 Å². The molecule has 1 amide bonds. The van der Waals surface area contributed by atoms with Gasteiger partial charge >= 0.3 is 0 Å². The van der Waals surface area contributed by atoms with Crippen molar-refractivity contribution in [2.24, 2.45) is 0 Å². The number of aromatic nitrogens is 1. The number of morpholine rings is 1. The molecule has 1 aromatic heterocycles. The minimum atomic E-state index is -0.216. The second-order valence-corrected chi connectivity index (χ2v) is 6.47. The van der Waals surface area contributed by atoms with Crippen LogP contribution in [0.25, 0.3) is 0 Å². The molecule has 0 radical (unpaired) electrons. The van der Waals surface area contributed by atoms with E-state index in [9.17, 15) is 4.79 Å². The Morgan fingerprint density at radius 2 is 2.04 bits per heavy atom. The summed E-state index contributed by atoms with van der Waals surface area (Å²) in [6.45, 7) is 4.21. The van der Waals surface area contributed by atoms with Crippen LogP contribution in [0.2, 0.25) is 0 Å². The molecule has 2 aromatic rings. The van der Waals surface area contributed by atoms with Crippen molar-refractivity contribution in [1.29, 1.82) is 0 Å².